The fourth-order valence-electron chi connectivity index (χ4n) is 0.906. The summed E-state index contributed by atoms with van der Waals surface area (Å²) in [6.45, 7) is 3.15. The summed E-state index contributed by atoms with van der Waals surface area (Å²) < 4.78 is 1.89. The lowest BCUT2D eigenvalue weighted by atomic mass is 10.6. The van der Waals surface area contributed by atoms with E-state index in [0.29, 0.717) is 0 Å². The Bertz CT molecular complexity index is 222. The molecule has 0 saturated heterocycles. The molecule has 0 radical (unpaired) electrons. The maximum atomic E-state index is 5.52. The van der Waals surface area contributed by atoms with Gasteiger partial charge < -0.3 is 5.73 Å². The lowest BCUT2D eigenvalue weighted by Crippen LogP contribution is -2.00. The normalized spacial score (nSPS) is 10.4. The van der Waals surface area contributed by atoms with Crippen LogP contribution >= 0.6 is 11.8 Å². The lowest BCUT2D eigenvalue weighted by molar-refractivity contribution is 0.666. The number of anilines is 1. The highest BCUT2D eigenvalue weighted by Crippen LogP contribution is 2.04. The predicted octanol–water partition coefficient (Wildman–Crippen LogP) is 1.61. The second-order valence-corrected chi connectivity index (χ2v) is 3.87. The maximum absolute atomic E-state index is 5.52. The first-order valence-electron chi connectivity index (χ1n) is 4.18. The first-order valence-corrected chi connectivity index (χ1v) is 5.34. The molecule has 0 spiro atoms. The third-order valence-electron chi connectivity index (χ3n) is 1.47. The van der Waals surface area contributed by atoms with Gasteiger partial charge in [0.2, 0.25) is 0 Å². The van der Waals surface area contributed by atoms with Gasteiger partial charge >= 0.3 is 0 Å². The van der Waals surface area contributed by atoms with Crippen LogP contribution < -0.4 is 5.73 Å². The van der Waals surface area contributed by atoms with Crippen LogP contribution in [0.3, 0.4) is 0 Å². The summed E-state index contributed by atoms with van der Waals surface area (Å²) >= 11 is 1.96. The molecule has 4 heteroatoms. The summed E-state index contributed by atoms with van der Waals surface area (Å²) in [5.74, 6) is 2.35. The Kier molecular flexibility index (Phi) is 4.00. The molecule has 0 aromatic carbocycles. The highest BCUT2D eigenvalue weighted by molar-refractivity contribution is 7.99. The van der Waals surface area contributed by atoms with E-state index in [1.54, 1.807) is 6.20 Å². The molecule has 12 heavy (non-hydrogen) atoms. The average molecular weight is 185 g/mol. The molecule has 0 saturated carbocycles. The molecule has 0 unspecified atom stereocenters. The van der Waals surface area contributed by atoms with Gasteiger partial charge in [0.05, 0.1) is 18.4 Å². The zero-order valence-corrected chi connectivity index (χ0v) is 8.18. The molecule has 1 aromatic rings. The molecule has 1 aromatic heterocycles. The number of aryl methyl sites for hydroxylation is 1. The van der Waals surface area contributed by atoms with Crippen molar-refractivity contribution in [1.82, 2.24) is 9.78 Å². The molecule has 68 valence electrons. The van der Waals surface area contributed by atoms with Gasteiger partial charge in [-0.15, -0.1) is 0 Å². The molecule has 3 nitrogen and oxygen atoms in total. The van der Waals surface area contributed by atoms with E-state index in [2.05, 4.69) is 12.0 Å². The van der Waals surface area contributed by atoms with E-state index < -0.39 is 0 Å². The molecule has 0 bridgehead atoms. The Morgan fingerprint density at radius 3 is 3.00 bits per heavy atom. The smallest absolute Gasteiger partial charge is 0.0719 e. The third kappa shape index (κ3) is 3.17. The van der Waals surface area contributed by atoms with Gasteiger partial charge in [0.15, 0.2) is 0 Å². The van der Waals surface area contributed by atoms with Gasteiger partial charge in [-0.2, -0.15) is 16.9 Å². The molecule has 1 heterocycles. The first-order chi connectivity index (χ1) is 5.83. The molecular formula is C8H15N3S. The Morgan fingerprint density at radius 1 is 1.58 bits per heavy atom. The van der Waals surface area contributed by atoms with Gasteiger partial charge in [-0.3, -0.25) is 4.68 Å². The molecular weight excluding hydrogens is 170 g/mol. The highest BCUT2D eigenvalue weighted by atomic mass is 32.2. The van der Waals surface area contributed by atoms with Crippen molar-refractivity contribution in [1.29, 1.82) is 0 Å². The van der Waals surface area contributed by atoms with Crippen molar-refractivity contribution < 1.29 is 0 Å². The second-order valence-electron chi connectivity index (χ2n) is 2.65. The lowest BCUT2D eigenvalue weighted by Gasteiger charge is -1.99. The SMILES string of the molecule is CCCSCCn1cc(N)cn1. The average Bonchev–Trinajstić information content (AvgIpc) is 2.45. The summed E-state index contributed by atoms with van der Waals surface area (Å²) in [4.78, 5) is 0. The first kappa shape index (κ1) is 9.45. The summed E-state index contributed by atoms with van der Waals surface area (Å²) in [7, 11) is 0. The predicted molar refractivity (Wildman–Crippen MR) is 54.3 cm³/mol. The van der Waals surface area contributed by atoms with E-state index in [4.69, 9.17) is 5.73 Å². The van der Waals surface area contributed by atoms with Crippen LogP contribution in [-0.2, 0) is 6.54 Å². The number of thioether (sulfide) groups is 1. The van der Waals surface area contributed by atoms with Crippen LogP contribution in [0, 0.1) is 0 Å². The minimum absolute atomic E-state index is 0.746. The largest absolute Gasteiger partial charge is 0.396 e. The fraction of sp³-hybridized carbons (Fsp3) is 0.625. The Morgan fingerprint density at radius 2 is 2.42 bits per heavy atom. The van der Waals surface area contributed by atoms with Crippen molar-refractivity contribution in [2.24, 2.45) is 0 Å². The Labute approximate surface area is 77.3 Å². The summed E-state index contributed by atoms with van der Waals surface area (Å²) in [5, 5.41) is 4.09. The molecule has 0 fully saturated rings. The minimum Gasteiger partial charge on any atom is -0.396 e. The quantitative estimate of drug-likeness (QED) is 0.709. The van der Waals surface area contributed by atoms with Crippen LogP contribution in [0.1, 0.15) is 13.3 Å². The summed E-state index contributed by atoms with van der Waals surface area (Å²) in [6, 6.07) is 0. The van der Waals surface area contributed by atoms with Crippen molar-refractivity contribution >= 4 is 17.4 Å². The van der Waals surface area contributed by atoms with Gasteiger partial charge in [-0.05, 0) is 12.2 Å². The Hall–Kier alpha value is -0.640. The highest BCUT2D eigenvalue weighted by Gasteiger charge is 1.93. The van der Waals surface area contributed by atoms with Crippen molar-refractivity contribution in [2.45, 2.75) is 19.9 Å². The van der Waals surface area contributed by atoms with E-state index in [1.165, 1.54) is 12.2 Å². The fourth-order valence-corrected chi connectivity index (χ4v) is 1.72. The van der Waals surface area contributed by atoms with Crippen LogP contribution in [0.25, 0.3) is 0 Å². The van der Waals surface area contributed by atoms with E-state index in [1.807, 2.05) is 22.6 Å². The number of hydrogen-bond donors (Lipinski definition) is 1. The van der Waals surface area contributed by atoms with Crippen molar-refractivity contribution in [2.75, 3.05) is 17.2 Å². The third-order valence-corrected chi connectivity index (χ3v) is 2.63. The van der Waals surface area contributed by atoms with Crippen LogP contribution in [0.15, 0.2) is 12.4 Å². The zero-order valence-electron chi connectivity index (χ0n) is 7.36. The monoisotopic (exact) mass is 185 g/mol. The van der Waals surface area contributed by atoms with Crippen molar-refractivity contribution in [3.8, 4) is 0 Å². The van der Waals surface area contributed by atoms with Gasteiger partial charge in [-0.25, -0.2) is 0 Å². The number of nitrogen functional groups attached to an aromatic ring is 1. The van der Waals surface area contributed by atoms with Crippen molar-refractivity contribution in [3.63, 3.8) is 0 Å². The zero-order chi connectivity index (χ0) is 8.81. The van der Waals surface area contributed by atoms with Gasteiger partial charge in [0, 0.05) is 11.9 Å². The van der Waals surface area contributed by atoms with E-state index in [0.717, 1.165) is 18.0 Å². The number of rotatable bonds is 5. The van der Waals surface area contributed by atoms with Crippen LogP contribution in [-0.4, -0.2) is 21.3 Å². The summed E-state index contributed by atoms with van der Waals surface area (Å²) in [6.07, 6.45) is 4.79. The molecule has 0 atom stereocenters. The van der Waals surface area contributed by atoms with Crippen molar-refractivity contribution in [3.05, 3.63) is 12.4 Å². The van der Waals surface area contributed by atoms with Crippen LogP contribution in [0.2, 0.25) is 0 Å². The molecule has 0 aliphatic heterocycles. The van der Waals surface area contributed by atoms with Gasteiger partial charge in [-0.1, -0.05) is 6.92 Å². The van der Waals surface area contributed by atoms with E-state index in [-0.39, 0.29) is 0 Å². The topological polar surface area (TPSA) is 43.8 Å². The number of nitrogens with zero attached hydrogens (tertiary/aromatic N) is 2. The minimum atomic E-state index is 0.746. The summed E-state index contributed by atoms with van der Waals surface area (Å²) in [5.41, 5.74) is 6.26. The van der Waals surface area contributed by atoms with Gasteiger partial charge in [0.1, 0.15) is 0 Å². The Balaban J connectivity index is 2.15. The molecule has 1 rings (SSSR count). The molecule has 0 aliphatic carbocycles. The molecule has 0 aliphatic rings. The second kappa shape index (κ2) is 5.09. The van der Waals surface area contributed by atoms with E-state index >= 15 is 0 Å². The number of hydrogen-bond acceptors (Lipinski definition) is 3. The van der Waals surface area contributed by atoms with E-state index in [9.17, 15) is 0 Å². The maximum Gasteiger partial charge on any atom is 0.0719 e. The molecule has 2 N–H and O–H groups in total. The standard InChI is InChI=1S/C8H15N3S/c1-2-4-12-5-3-11-7-8(9)6-10-11/h6-7H,2-5,9H2,1H3. The van der Waals surface area contributed by atoms with Gasteiger partial charge in [0.25, 0.3) is 0 Å². The van der Waals surface area contributed by atoms with Crippen LogP contribution in [0.5, 0.6) is 0 Å². The molecule has 0 amide bonds. The number of aromatic nitrogens is 2. The van der Waals surface area contributed by atoms with Crippen LogP contribution in [0.4, 0.5) is 5.69 Å². The number of nitrogens with two attached hydrogens (primary N) is 1.